The Labute approximate surface area is 133 Å². The molecule has 0 saturated carbocycles. The third-order valence-electron chi connectivity index (χ3n) is 3.72. The van der Waals surface area contributed by atoms with Crippen LogP contribution in [0.25, 0.3) is 0 Å². The summed E-state index contributed by atoms with van der Waals surface area (Å²) in [6.07, 6.45) is 0.593. The first-order chi connectivity index (χ1) is 10.1. The van der Waals surface area contributed by atoms with Crippen LogP contribution in [0.1, 0.15) is 36.4 Å². The molecule has 0 amide bonds. The van der Waals surface area contributed by atoms with Gasteiger partial charge < -0.3 is 10.3 Å². The number of hydrogen-bond donors (Lipinski definition) is 1. The molecule has 6 heteroatoms. The van der Waals surface area contributed by atoms with Crippen molar-refractivity contribution in [2.45, 2.75) is 36.0 Å². The van der Waals surface area contributed by atoms with Crippen LogP contribution in [0.3, 0.4) is 0 Å². The molecule has 1 aromatic carbocycles. The van der Waals surface area contributed by atoms with Crippen LogP contribution in [0, 0.1) is 0 Å². The van der Waals surface area contributed by atoms with E-state index in [0.29, 0.717) is 28.1 Å². The van der Waals surface area contributed by atoms with Gasteiger partial charge in [0.05, 0.1) is 11.7 Å². The molecule has 21 heavy (non-hydrogen) atoms. The molecule has 0 bridgehead atoms. The van der Waals surface area contributed by atoms with E-state index in [0.717, 1.165) is 22.8 Å². The standard InChI is InChI=1S/C15H19N3OS2/c1-9-10(2)21-13(8-20-9)15-17-14(19-18-15)7-11-5-3-4-6-12(11)16/h3-6,9-10,13H,7-8,16H2,1-2H3. The van der Waals surface area contributed by atoms with E-state index in [2.05, 4.69) is 24.0 Å². The maximum absolute atomic E-state index is 5.95. The molecule has 2 N–H and O–H groups in total. The molecule has 1 aromatic heterocycles. The van der Waals surface area contributed by atoms with Gasteiger partial charge in [0.2, 0.25) is 5.89 Å². The van der Waals surface area contributed by atoms with E-state index >= 15 is 0 Å². The Morgan fingerprint density at radius 1 is 1.29 bits per heavy atom. The zero-order chi connectivity index (χ0) is 14.8. The van der Waals surface area contributed by atoms with Crippen molar-refractivity contribution in [2.75, 3.05) is 11.5 Å². The Balaban J connectivity index is 1.71. The van der Waals surface area contributed by atoms with Gasteiger partial charge in [-0.1, -0.05) is 37.2 Å². The van der Waals surface area contributed by atoms with Crippen LogP contribution < -0.4 is 5.73 Å². The first-order valence-electron chi connectivity index (χ1n) is 7.06. The van der Waals surface area contributed by atoms with E-state index in [1.807, 2.05) is 47.8 Å². The number of nitrogens with zero attached hydrogens (tertiary/aromatic N) is 2. The summed E-state index contributed by atoms with van der Waals surface area (Å²) >= 11 is 3.92. The molecule has 112 valence electrons. The molecule has 0 aliphatic carbocycles. The normalized spacial score (nSPS) is 25.9. The van der Waals surface area contributed by atoms with E-state index in [1.165, 1.54) is 0 Å². The molecule has 1 aliphatic rings. The van der Waals surface area contributed by atoms with E-state index in [9.17, 15) is 0 Å². The Morgan fingerprint density at radius 3 is 2.86 bits per heavy atom. The second-order valence-electron chi connectivity index (χ2n) is 5.29. The lowest BCUT2D eigenvalue weighted by Crippen LogP contribution is -2.22. The number of thioether (sulfide) groups is 2. The minimum atomic E-state index is 0.326. The maximum atomic E-state index is 5.95. The summed E-state index contributed by atoms with van der Waals surface area (Å²) < 4.78 is 5.40. The number of anilines is 1. The number of aromatic nitrogens is 2. The van der Waals surface area contributed by atoms with Crippen molar-refractivity contribution >= 4 is 29.2 Å². The Morgan fingerprint density at radius 2 is 2.10 bits per heavy atom. The molecule has 1 fully saturated rings. The third kappa shape index (κ3) is 3.37. The van der Waals surface area contributed by atoms with Crippen molar-refractivity contribution in [2.24, 2.45) is 0 Å². The average Bonchev–Trinajstić information content (AvgIpc) is 2.93. The lowest BCUT2D eigenvalue weighted by Gasteiger charge is -2.29. The number of nitrogen functional groups attached to an aromatic ring is 1. The van der Waals surface area contributed by atoms with Crippen LogP contribution >= 0.6 is 23.5 Å². The van der Waals surface area contributed by atoms with Crippen molar-refractivity contribution in [3.63, 3.8) is 0 Å². The van der Waals surface area contributed by atoms with Gasteiger partial charge in [-0.05, 0) is 11.6 Å². The number of nitrogens with two attached hydrogens (primary N) is 1. The third-order valence-corrected chi connectivity index (χ3v) is 7.11. The van der Waals surface area contributed by atoms with Gasteiger partial charge in [0.1, 0.15) is 0 Å². The molecule has 2 aromatic rings. The summed E-state index contributed by atoms with van der Waals surface area (Å²) in [4.78, 5) is 4.56. The van der Waals surface area contributed by atoms with E-state index in [4.69, 9.17) is 10.3 Å². The number of para-hydroxylation sites is 1. The monoisotopic (exact) mass is 321 g/mol. The minimum Gasteiger partial charge on any atom is -0.398 e. The fourth-order valence-corrected chi connectivity index (χ4v) is 5.08. The molecular weight excluding hydrogens is 302 g/mol. The predicted octanol–water partition coefficient (Wildman–Crippen LogP) is 3.54. The summed E-state index contributed by atoms with van der Waals surface area (Å²) in [6, 6.07) is 7.79. The molecule has 2 heterocycles. The highest BCUT2D eigenvalue weighted by Gasteiger charge is 2.29. The van der Waals surface area contributed by atoms with E-state index in [-0.39, 0.29) is 0 Å². The van der Waals surface area contributed by atoms with Crippen molar-refractivity contribution in [3.05, 3.63) is 41.5 Å². The van der Waals surface area contributed by atoms with Crippen LogP contribution in [0.15, 0.2) is 28.8 Å². The van der Waals surface area contributed by atoms with Crippen molar-refractivity contribution in [3.8, 4) is 0 Å². The second-order valence-corrected chi connectivity index (χ2v) is 8.29. The van der Waals surface area contributed by atoms with Gasteiger partial charge in [0.25, 0.3) is 0 Å². The summed E-state index contributed by atoms with van der Waals surface area (Å²) in [5.74, 6) is 2.50. The summed E-state index contributed by atoms with van der Waals surface area (Å²) in [6.45, 7) is 4.54. The van der Waals surface area contributed by atoms with Crippen LogP contribution in [0.2, 0.25) is 0 Å². The SMILES string of the molecule is CC1SCC(c2noc(Cc3ccccc3N)n2)SC1C. The second kappa shape index (κ2) is 6.32. The van der Waals surface area contributed by atoms with Crippen LogP contribution in [-0.4, -0.2) is 26.4 Å². The predicted molar refractivity (Wildman–Crippen MR) is 89.7 cm³/mol. The van der Waals surface area contributed by atoms with Gasteiger partial charge in [0.15, 0.2) is 5.82 Å². The van der Waals surface area contributed by atoms with E-state index in [1.54, 1.807) is 0 Å². The molecule has 4 nitrogen and oxygen atoms in total. The quantitative estimate of drug-likeness (QED) is 0.872. The Kier molecular flexibility index (Phi) is 4.45. The zero-order valence-corrected chi connectivity index (χ0v) is 13.8. The Bertz CT molecular complexity index is 616. The van der Waals surface area contributed by atoms with Gasteiger partial charge >= 0.3 is 0 Å². The first-order valence-corrected chi connectivity index (χ1v) is 9.05. The van der Waals surface area contributed by atoms with Crippen LogP contribution in [0.4, 0.5) is 5.69 Å². The van der Waals surface area contributed by atoms with E-state index < -0.39 is 0 Å². The molecule has 3 rings (SSSR count). The van der Waals surface area contributed by atoms with Crippen LogP contribution in [0.5, 0.6) is 0 Å². The molecule has 0 spiro atoms. The van der Waals surface area contributed by atoms with Crippen LogP contribution in [-0.2, 0) is 6.42 Å². The van der Waals surface area contributed by atoms with Gasteiger partial charge in [-0.25, -0.2) is 0 Å². The van der Waals surface area contributed by atoms with Crippen molar-refractivity contribution in [1.29, 1.82) is 0 Å². The summed E-state index contributed by atoms with van der Waals surface area (Å²) in [5, 5.41) is 5.78. The number of benzene rings is 1. The minimum absolute atomic E-state index is 0.326. The highest BCUT2D eigenvalue weighted by Crippen LogP contribution is 2.43. The van der Waals surface area contributed by atoms with Crippen molar-refractivity contribution < 1.29 is 4.52 Å². The molecule has 3 atom stereocenters. The average molecular weight is 321 g/mol. The Hall–Kier alpha value is -1.14. The molecular formula is C15H19N3OS2. The molecule has 1 aliphatic heterocycles. The fraction of sp³-hybridized carbons (Fsp3) is 0.467. The van der Waals surface area contributed by atoms with Crippen molar-refractivity contribution in [1.82, 2.24) is 10.1 Å². The van der Waals surface area contributed by atoms with Gasteiger partial charge in [0, 0.05) is 21.9 Å². The first kappa shape index (κ1) is 14.8. The lowest BCUT2D eigenvalue weighted by atomic mass is 10.1. The van der Waals surface area contributed by atoms with Gasteiger partial charge in [-0.2, -0.15) is 16.7 Å². The molecule has 0 radical (unpaired) electrons. The largest absolute Gasteiger partial charge is 0.398 e. The molecule has 3 unspecified atom stereocenters. The number of rotatable bonds is 3. The summed E-state index contributed by atoms with van der Waals surface area (Å²) in [7, 11) is 0. The number of hydrogen-bond acceptors (Lipinski definition) is 6. The fourth-order valence-electron chi connectivity index (χ4n) is 2.25. The van der Waals surface area contributed by atoms with Gasteiger partial charge in [-0.3, -0.25) is 0 Å². The van der Waals surface area contributed by atoms with Gasteiger partial charge in [-0.15, -0.1) is 11.8 Å². The highest BCUT2D eigenvalue weighted by atomic mass is 32.2. The highest BCUT2D eigenvalue weighted by molar-refractivity contribution is 8.07. The topological polar surface area (TPSA) is 64.9 Å². The lowest BCUT2D eigenvalue weighted by molar-refractivity contribution is 0.379. The summed E-state index contributed by atoms with van der Waals surface area (Å²) in [5.41, 5.74) is 7.75. The zero-order valence-electron chi connectivity index (χ0n) is 12.2. The maximum Gasteiger partial charge on any atom is 0.231 e. The smallest absolute Gasteiger partial charge is 0.231 e. The molecule has 1 saturated heterocycles.